The van der Waals surface area contributed by atoms with Crippen LogP contribution >= 0.6 is 0 Å². The molecule has 1 fully saturated rings. The molecule has 0 saturated carbocycles. The number of ether oxygens (including phenoxy) is 1. The van der Waals surface area contributed by atoms with Crippen LogP contribution in [0.5, 0.6) is 0 Å². The van der Waals surface area contributed by atoms with Crippen molar-refractivity contribution in [2.24, 2.45) is 0 Å². The number of imidazole rings is 1. The number of H-pyrrole nitrogens is 1. The average molecular weight is 408 g/mol. The van der Waals surface area contributed by atoms with Crippen molar-refractivity contribution >= 4 is 39.3 Å². The molecule has 0 aliphatic carbocycles. The first kappa shape index (κ1) is 18.6. The van der Waals surface area contributed by atoms with E-state index < -0.39 is 24.0 Å². The number of anilines is 3. The van der Waals surface area contributed by atoms with E-state index in [1.807, 2.05) is 30.3 Å². The molecule has 154 valence electrons. The molecule has 30 heavy (non-hydrogen) atoms. The summed E-state index contributed by atoms with van der Waals surface area (Å²) >= 11 is 0. The maximum Gasteiger partial charge on any atom is 0.302 e. The first-order chi connectivity index (χ1) is 14.5. The molecule has 1 aliphatic rings. The molecular weight excluding hydrogens is 388 g/mol. The third-order valence-electron chi connectivity index (χ3n) is 5.35. The molecule has 2 aromatic heterocycles. The molecule has 1 saturated heterocycles. The highest BCUT2D eigenvalue weighted by molar-refractivity contribution is 6.00. The number of nitrogen functional groups attached to an aromatic ring is 1. The summed E-state index contributed by atoms with van der Waals surface area (Å²) in [5, 5.41) is 24.4. The van der Waals surface area contributed by atoms with E-state index >= 15 is 0 Å². The van der Waals surface area contributed by atoms with Gasteiger partial charge in [-0.15, -0.1) is 0 Å². The number of nitrogens with two attached hydrogens (primary N) is 1. The highest BCUT2D eigenvalue weighted by Crippen LogP contribution is 2.32. The van der Waals surface area contributed by atoms with Gasteiger partial charge in [0.2, 0.25) is 5.95 Å². The van der Waals surface area contributed by atoms with Gasteiger partial charge in [0.15, 0.2) is 5.52 Å². The van der Waals surface area contributed by atoms with Crippen LogP contribution in [-0.2, 0) is 4.74 Å². The maximum atomic E-state index is 12.5. The Bertz CT molecular complexity index is 1300. The van der Waals surface area contributed by atoms with Crippen molar-refractivity contribution in [2.45, 2.75) is 24.9 Å². The fraction of sp³-hybridized carbons (Fsp3) is 0.250. The van der Waals surface area contributed by atoms with Crippen LogP contribution in [0.25, 0.3) is 21.9 Å². The Kier molecular flexibility index (Phi) is 4.39. The minimum absolute atomic E-state index is 0.150. The minimum atomic E-state index is -0.806. The number of fused-ring (bicyclic) bond motifs is 2. The van der Waals surface area contributed by atoms with E-state index in [9.17, 15) is 15.0 Å². The van der Waals surface area contributed by atoms with Gasteiger partial charge in [-0.1, -0.05) is 30.3 Å². The highest BCUT2D eigenvalue weighted by atomic mass is 16.5. The number of nitrogens with zero attached hydrogens (tertiary/aromatic N) is 3. The number of hydrogen-bond donors (Lipinski definition) is 5. The van der Waals surface area contributed by atoms with Crippen molar-refractivity contribution in [3.05, 3.63) is 53.1 Å². The molecule has 3 atom stereocenters. The Morgan fingerprint density at radius 2 is 2.13 bits per heavy atom. The molecule has 4 aromatic rings. The molecular formula is C20H20N6O4. The van der Waals surface area contributed by atoms with Crippen LogP contribution in [0.1, 0.15) is 12.6 Å². The monoisotopic (exact) mass is 408 g/mol. The van der Waals surface area contributed by atoms with Gasteiger partial charge in [-0.3, -0.25) is 9.36 Å². The van der Waals surface area contributed by atoms with Crippen LogP contribution in [0.2, 0.25) is 0 Å². The van der Waals surface area contributed by atoms with Gasteiger partial charge in [-0.2, -0.15) is 4.98 Å². The molecule has 3 heterocycles. The topological polar surface area (TPSA) is 151 Å². The number of rotatable bonds is 4. The van der Waals surface area contributed by atoms with Gasteiger partial charge in [0.05, 0.1) is 30.4 Å². The van der Waals surface area contributed by atoms with Gasteiger partial charge in [0.1, 0.15) is 18.0 Å². The molecule has 0 bridgehead atoms. The van der Waals surface area contributed by atoms with E-state index in [2.05, 4.69) is 20.3 Å². The molecule has 3 unspecified atom stereocenters. The zero-order chi connectivity index (χ0) is 20.8. The smallest absolute Gasteiger partial charge is 0.302 e. The summed E-state index contributed by atoms with van der Waals surface area (Å²) < 4.78 is 7.31. The molecule has 5 rings (SSSR count). The largest absolute Gasteiger partial charge is 0.397 e. The average Bonchev–Trinajstić information content (AvgIpc) is 3.33. The zero-order valence-corrected chi connectivity index (χ0v) is 15.8. The van der Waals surface area contributed by atoms with Crippen LogP contribution in [0.15, 0.2) is 47.5 Å². The summed E-state index contributed by atoms with van der Waals surface area (Å²) in [4.78, 5) is 23.8. The summed E-state index contributed by atoms with van der Waals surface area (Å²) in [6.07, 6.45) is -0.346. The highest BCUT2D eigenvalue weighted by Gasteiger charge is 2.35. The Hall–Kier alpha value is -3.47. The number of nitrogens with one attached hydrogen (secondary N) is 2. The van der Waals surface area contributed by atoms with E-state index in [-0.39, 0.29) is 24.5 Å². The summed E-state index contributed by atoms with van der Waals surface area (Å²) in [6.45, 7) is -0.296. The standard InChI is InChI=1S/C20H20N6O4/c21-12-6-5-10-3-1-2-4-11(10)16(12)23-20-24-18-17(19(29)25-20)22-9-26(18)15-7-13(28)14(8-27)30-15/h1-6,9,13-15,27-28H,7-8,21H2,(H2,23,24,25,29). The lowest BCUT2D eigenvalue weighted by Crippen LogP contribution is -2.24. The lowest BCUT2D eigenvalue weighted by atomic mass is 10.1. The summed E-state index contributed by atoms with van der Waals surface area (Å²) in [5.41, 5.74) is 7.35. The van der Waals surface area contributed by atoms with Crippen molar-refractivity contribution in [3.63, 3.8) is 0 Å². The lowest BCUT2D eigenvalue weighted by molar-refractivity contribution is -0.0432. The van der Waals surface area contributed by atoms with E-state index in [0.717, 1.165) is 10.8 Å². The van der Waals surface area contributed by atoms with Gasteiger partial charge >= 0.3 is 5.56 Å². The molecule has 0 amide bonds. The fourth-order valence-corrected chi connectivity index (χ4v) is 3.81. The SMILES string of the molecule is Nc1ccc2ccccc2c1Nc1nc(=O)c2ncn(C3CC(O)C(CO)O3)c2[nH]1. The maximum absolute atomic E-state index is 12.5. The summed E-state index contributed by atoms with van der Waals surface area (Å²) in [6, 6.07) is 11.4. The van der Waals surface area contributed by atoms with Gasteiger partial charge < -0.3 is 31.0 Å². The second-order valence-corrected chi connectivity index (χ2v) is 7.23. The number of benzene rings is 2. The lowest BCUT2D eigenvalue weighted by Gasteiger charge is -2.15. The molecule has 2 aromatic carbocycles. The summed E-state index contributed by atoms with van der Waals surface area (Å²) in [5.74, 6) is 0.203. The van der Waals surface area contributed by atoms with Crippen molar-refractivity contribution in [2.75, 3.05) is 17.7 Å². The molecule has 10 heteroatoms. The van der Waals surface area contributed by atoms with Crippen LogP contribution in [0.4, 0.5) is 17.3 Å². The van der Waals surface area contributed by atoms with Crippen molar-refractivity contribution in [3.8, 4) is 0 Å². The van der Waals surface area contributed by atoms with E-state index in [4.69, 9.17) is 10.5 Å². The number of aliphatic hydroxyl groups is 2. The van der Waals surface area contributed by atoms with Gasteiger partial charge in [-0.05, 0) is 11.5 Å². The number of hydrogen-bond acceptors (Lipinski definition) is 8. The Labute approximate surface area is 170 Å². The van der Waals surface area contributed by atoms with Crippen LogP contribution in [0, 0.1) is 0 Å². The van der Waals surface area contributed by atoms with Crippen molar-refractivity contribution < 1.29 is 14.9 Å². The third kappa shape index (κ3) is 2.98. The predicted octanol–water partition coefficient (Wildman–Crippen LogP) is 1.24. The minimum Gasteiger partial charge on any atom is -0.397 e. The second-order valence-electron chi connectivity index (χ2n) is 7.23. The molecule has 10 nitrogen and oxygen atoms in total. The van der Waals surface area contributed by atoms with Crippen LogP contribution < -0.4 is 16.6 Å². The van der Waals surface area contributed by atoms with Crippen LogP contribution in [0.3, 0.4) is 0 Å². The fourth-order valence-electron chi connectivity index (χ4n) is 3.81. The quantitative estimate of drug-likeness (QED) is 0.316. The molecule has 6 N–H and O–H groups in total. The number of aliphatic hydroxyl groups excluding tert-OH is 2. The molecule has 1 aliphatic heterocycles. The Balaban J connectivity index is 1.57. The van der Waals surface area contributed by atoms with Gasteiger partial charge in [0, 0.05) is 11.8 Å². The number of aromatic amines is 1. The van der Waals surface area contributed by atoms with Crippen LogP contribution in [-0.4, -0.2) is 48.5 Å². The summed E-state index contributed by atoms with van der Waals surface area (Å²) in [7, 11) is 0. The zero-order valence-electron chi connectivity index (χ0n) is 15.8. The predicted molar refractivity (Wildman–Crippen MR) is 111 cm³/mol. The van der Waals surface area contributed by atoms with E-state index in [1.165, 1.54) is 6.33 Å². The Morgan fingerprint density at radius 3 is 2.93 bits per heavy atom. The van der Waals surface area contributed by atoms with Gasteiger partial charge in [0.25, 0.3) is 0 Å². The Morgan fingerprint density at radius 1 is 1.30 bits per heavy atom. The molecule has 0 radical (unpaired) electrons. The first-order valence-electron chi connectivity index (χ1n) is 9.50. The third-order valence-corrected chi connectivity index (χ3v) is 5.35. The van der Waals surface area contributed by atoms with E-state index in [1.54, 1.807) is 10.6 Å². The van der Waals surface area contributed by atoms with Crippen molar-refractivity contribution in [1.29, 1.82) is 0 Å². The second kappa shape index (κ2) is 7.10. The molecule has 0 spiro atoms. The van der Waals surface area contributed by atoms with Gasteiger partial charge in [-0.25, -0.2) is 4.98 Å². The van der Waals surface area contributed by atoms with E-state index in [0.29, 0.717) is 17.0 Å². The normalized spacial score (nSPS) is 21.5. The van der Waals surface area contributed by atoms with Crippen molar-refractivity contribution in [1.82, 2.24) is 19.5 Å². The number of aromatic nitrogens is 4. The first-order valence-corrected chi connectivity index (χ1v) is 9.50.